The number of hydrogen-bond acceptors (Lipinski definition) is 5. The summed E-state index contributed by atoms with van der Waals surface area (Å²) in [6.45, 7) is 3.73. The third-order valence-corrected chi connectivity index (χ3v) is 5.09. The van der Waals surface area contributed by atoms with Crippen molar-refractivity contribution in [1.29, 1.82) is 0 Å². The van der Waals surface area contributed by atoms with Crippen molar-refractivity contribution >= 4 is 11.7 Å². The van der Waals surface area contributed by atoms with E-state index in [1.54, 1.807) is 17.0 Å². The minimum absolute atomic E-state index is 0.0984. The second-order valence-corrected chi connectivity index (χ2v) is 7.11. The predicted octanol–water partition coefficient (Wildman–Crippen LogP) is 4.69. The molecule has 156 valence electrons. The molecule has 0 bridgehead atoms. The van der Waals surface area contributed by atoms with Crippen LogP contribution in [0.3, 0.4) is 0 Å². The second-order valence-electron chi connectivity index (χ2n) is 7.11. The average molecular weight is 410 g/mol. The SMILES string of the molecule is CCOc1ccc(NC(=O)N2CCC(c3nc(-c4ccc(F)cc4)no3)CC2)cc1. The van der Waals surface area contributed by atoms with Gasteiger partial charge in [0, 0.05) is 30.3 Å². The second kappa shape index (κ2) is 8.94. The van der Waals surface area contributed by atoms with Crippen molar-refractivity contribution in [2.75, 3.05) is 25.0 Å². The first-order valence-electron chi connectivity index (χ1n) is 10.0. The van der Waals surface area contributed by atoms with E-state index in [9.17, 15) is 9.18 Å². The zero-order valence-corrected chi connectivity index (χ0v) is 16.7. The number of likely N-dealkylation sites (tertiary alicyclic amines) is 1. The zero-order chi connectivity index (χ0) is 20.9. The molecule has 0 aliphatic carbocycles. The lowest BCUT2D eigenvalue weighted by Gasteiger charge is -2.30. The van der Waals surface area contributed by atoms with Crippen molar-refractivity contribution in [3.63, 3.8) is 0 Å². The summed E-state index contributed by atoms with van der Waals surface area (Å²) in [6.07, 6.45) is 1.48. The van der Waals surface area contributed by atoms with E-state index in [1.807, 2.05) is 31.2 Å². The Morgan fingerprint density at radius 1 is 1.17 bits per heavy atom. The fraction of sp³-hybridized carbons (Fsp3) is 0.318. The highest BCUT2D eigenvalue weighted by Crippen LogP contribution is 2.29. The number of piperidine rings is 1. The third-order valence-electron chi connectivity index (χ3n) is 5.09. The van der Waals surface area contributed by atoms with Crippen LogP contribution in [0.5, 0.6) is 5.75 Å². The van der Waals surface area contributed by atoms with Crippen LogP contribution in [-0.2, 0) is 0 Å². The summed E-state index contributed by atoms with van der Waals surface area (Å²) >= 11 is 0. The monoisotopic (exact) mass is 410 g/mol. The fourth-order valence-corrected chi connectivity index (χ4v) is 3.45. The van der Waals surface area contributed by atoms with Gasteiger partial charge in [0.25, 0.3) is 0 Å². The number of aromatic nitrogens is 2. The van der Waals surface area contributed by atoms with Gasteiger partial charge in [-0.05, 0) is 68.3 Å². The molecule has 1 N–H and O–H groups in total. The van der Waals surface area contributed by atoms with E-state index in [1.165, 1.54) is 12.1 Å². The molecule has 2 aromatic carbocycles. The number of anilines is 1. The number of rotatable bonds is 5. The maximum absolute atomic E-state index is 13.1. The van der Waals surface area contributed by atoms with Crippen molar-refractivity contribution in [1.82, 2.24) is 15.0 Å². The quantitative estimate of drug-likeness (QED) is 0.660. The van der Waals surface area contributed by atoms with Crippen LogP contribution in [0.4, 0.5) is 14.9 Å². The minimum atomic E-state index is -0.307. The van der Waals surface area contributed by atoms with E-state index in [0.29, 0.717) is 37.0 Å². The number of benzene rings is 2. The molecule has 1 aliphatic rings. The van der Waals surface area contributed by atoms with Crippen molar-refractivity contribution in [3.05, 3.63) is 60.2 Å². The summed E-state index contributed by atoms with van der Waals surface area (Å²) in [5, 5.41) is 6.92. The van der Waals surface area contributed by atoms with Crippen LogP contribution in [0.1, 0.15) is 31.6 Å². The van der Waals surface area contributed by atoms with Crippen LogP contribution in [0.25, 0.3) is 11.4 Å². The number of urea groups is 1. The van der Waals surface area contributed by atoms with Crippen LogP contribution < -0.4 is 10.1 Å². The van der Waals surface area contributed by atoms with E-state index in [-0.39, 0.29) is 17.8 Å². The number of nitrogens with zero attached hydrogens (tertiary/aromatic N) is 3. The van der Waals surface area contributed by atoms with Gasteiger partial charge in [0.05, 0.1) is 6.61 Å². The molecular formula is C22H23FN4O3. The lowest BCUT2D eigenvalue weighted by Crippen LogP contribution is -2.40. The number of ether oxygens (including phenoxy) is 1. The molecule has 1 aromatic heterocycles. The fourth-order valence-electron chi connectivity index (χ4n) is 3.45. The molecule has 1 fully saturated rings. The van der Waals surface area contributed by atoms with Gasteiger partial charge in [-0.2, -0.15) is 4.98 Å². The summed E-state index contributed by atoms with van der Waals surface area (Å²) in [5.74, 6) is 1.57. The Balaban J connectivity index is 1.31. The predicted molar refractivity (Wildman–Crippen MR) is 110 cm³/mol. The third kappa shape index (κ3) is 4.59. The molecule has 0 atom stereocenters. The van der Waals surface area contributed by atoms with E-state index in [2.05, 4.69) is 15.5 Å². The number of halogens is 1. The zero-order valence-electron chi connectivity index (χ0n) is 16.7. The molecule has 2 heterocycles. The largest absolute Gasteiger partial charge is 0.494 e. The number of nitrogens with one attached hydrogen (secondary N) is 1. The topological polar surface area (TPSA) is 80.5 Å². The number of carbonyl (C=O) groups is 1. The molecule has 3 aromatic rings. The van der Waals surface area contributed by atoms with Gasteiger partial charge in [-0.3, -0.25) is 0 Å². The highest BCUT2D eigenvalue weighted by Gasteiger charge is 2.27. The Hall–Kier alpha value is -3.42. The van der Waals surface area contributed by atoms with Crippen molar-refractivity contribution in [2.24, 2.45) is 0 Å². The summed E-state index contributed by atoms with van der Waals surface area (Å²) in [7, 11) is 0. The van der Waals surface area contributed by atoms with Crippen LogP contribution in [0.2, 0.25) is 0 Å². The first-order valence-corrected chi connectivity index (χ1v) is 10.0. The Morgan fingerprint density at radius 2 is 1.87 bits per heavy atom. The van der Waals surface area contributed by atoms with Gasteiger partial charge < -0.3 is 19.5 Å². The normalized spacial score (nSPS) is 14.5. The number of carbonyl (C=O) groups excluding carboxylic acids is 1. The molecule has 8 heteroatoms. The Kier molecular flexibility index (Phi) is 5.92. The molecule has 2 amide bonds. The highest BCUT2D eigenvalue weighted by atomic mass is 19.1. The lowest BCUT2D eigenvalue weighted by molar-refractivity contribution is 0.187. The lowest BCUT2D eigenvalue weighted by atomic mass is 9.97. The average Bonchev–Trinajstić information content (AvgIpc) is 3.26. The molecule has 4 rings (SSSR count). The number of amides is 2. The van der Waals surface area contributed by atoms with Crippen LogP contribution >= 0.6 is 0 Å². The van der Waals surface area contributed by atoms with Crippen LogP contribution in [0, 0.1) is 5.82 Å². The van der Waals surface area contributed by atoms with Gasteiger partial charge in [-0.1, -0.05) is 5.16 Å². The Morgan fingerprint density at radius 3 is 2.53 bits per heavy atom. The standard InChI is InChI=1S/C22H23FN4O3/c1-2-29-19-9-7-18(8-10-19)24-22(28)27-13-11-16(12-14-27)21-25-20(26-30-21)15-3-5-17(23)6-4-15/h3-10,16H,2,11-14H2,1H3,(H,24,28). The molecule has 0 saturated carbocycles. The Labute approximate surface area is 173 Å². The van der Waals surface area contributed by atoms with E-state index in [0.717, 1.165) is 24.3 Å². The van der Waals surface area contributed by atoms with Gasteiger partial charge in [-0.15, -0.1) is 0 Å². The maximum Gasteiger partial charge on any atom is 0.321 e. The van der Waals surface area contributed by atoms with Crippen LogP contribution in [-0.4, -0.2) is 40.8 Å². The molecule has 30 heavy (non-hydrogen) atoms. The first-order chi connectivity index (χ1) is 14.6. The molecule has 7 nitrogen and oxygen atoms in total. The van der Waals surface area contributed by atoms with Gasteiger partial charge in [0.1, 0.15) is 11.6 Å². The van der Waals surface area contributed by atoms with Gasteiger partial charge >= 0.3 is 6.03 Å². The summed E-state index contributed by atoms with van der Waals surface area (Å²) in [5.41, 5.74) is 1.44. The van der Waals surface area contributed by atoms with Crippen molar-refractivity contribution in [3.8, 4) is 17.1 Å². The van der Waals surface area contributed by atoms with E-state index < -0.39 is 0 Å². The van der Waals surface area contributed by atoms with E-state index >= 15 is 0 Å². The Bertz CT molecular complexity index is 980. The number of hydrogen-bond donors (Lipinski definition) is 1. The van der Waals surface area contributed by atoms with Crippen molar-refractivity contribution < 1.29 is 18.4 Å². The first kappa shape index (κ1) is 19.9. The van der Waals surface area contributed by atoms with Gasteiger partial charge in [-0.25, -0.2) is 9.18 Å². The minimum Gasteiger partial charge on any atom is -0.494 e. The smallest absolute Gasteiger partial charge is 0.321 e. The summed E-state index contributed by atoms with van der Waals surface area (Å²) in [6, 6.07) is 13.2. The van der Waals surface area contributed by atoms with Gasteiger partial charge in [0.2, 0.25) is 11.7 Å². The molecule has 0 unspecified atom stereocenters. The summed E-state index contributed by atoms with van der Waals surface area (Å²) < 4.78 is 23.9. The van der Waals surface area contributed by atoms with Gasteiger partial charge in [0.15, 0.2) is 0 Å². The molecule has 0 spiro atoms. The summed E-state index contributed by atoms with van der Waals surface area (Å²) in [4.78, 5) is 18.8. The molecule has 1 aliphatic heterocycles. The van der Waals surface area contributed by atoms with E-state index in [4.69, 9.17) is 9.26 Å². The molecule has 1 saturated heterocycles. The maximum atomic E-state index is 13.1. The highest BCUT2D eigenvalue weighted by molar-refractivity contribution is 5.89. The van der Waals surface area contributed by atoms with Crippen molar-refractivity contribution in [2.45, 2.75) is 25.7 Å². The van der Waals surface area contributed by atoms with Crippen LogP contribution in [0.15, 0.2) is 53.1 Å². The molecule has 0 radical (unpaired) electrons. The molecular weight excluding hydrogens is 387 g/mol.